The number of nitrogens with zero attached hydrogens (tertiary/aromatic N) is 3. The zero-order chi connectivity index (χ0) is 24.9. The number of halogens is 1. The second-order valence-corrected chi connectivity index (χ2v) is 8.95. The fourth-order valence-corrected chi connectivity index (χ4v) is 4.39. The van der Waals surface area contributed by atoms with Crippen LogP contribution in [0.2, 0.25) is 5.02 Å². The molecule has 0 unspecified atom stereocenters. The van der Waals surface area contributed by atoms with Crippen LogP contribution in [0.25, 0.3) is 22.2 Å². The van der Waals surface area contributed by atoms with Crippen LogP contribution in [0.3, 0.4) is 0 Å². The Labute approximate surface area is 212 Å². The molecule has 2 N–H and O–H groups in total. The molecule has 0 fully saturated rings. The Morgan fingerprint density at radius 1 is 1.00 bits per heavy atom. The van der Waals surface area contributed by atoms with E-state index in [-0.39, 0.29) is 18.0 Å². The van der Waals surface area contributed by atoms with Crippen molar-refractivity contribution in [3.8, 4) is 11.3 Å². The number of carbonyl (C=O) groups is 1. The van der Waals surface area contributed by atoms with Gasteiger partial charge in [-0.15, -0.1) is 0 Å². The van der Waals surface area contributed by atoms with Crippen LogP contribution < -0.4 is 10.9 Å². The molecule has 5 rings (SSSR count). The van der Waals surface area contributed by atoms with Crippen molar-refractivity contribution in [3.05, 3.63) is 118 Å². The molecule has 2 aromatic carbocycles. The van der Waals surface area contributed by atoms with Gasteiger partial charge >= 0.3 is 0 Å². The lowest BCUT2D eigenvalue weighted by molar-refractivity contribution is -0.121. The number of carbonyl (C=O) groups excluding carboxylic acids is 1. The van der Waals surface area contributed by atoms with Gasteiger partial charge < -0.3 is 10.3 Å². The number of pyridine rings is 1. The number of H-pyrrole nitrogens is 1. The summed E-state index contributed by atoms with van der Waals surface area (Å²) in [4.78, 5) is 38.2. The van der Waals surface area contributed by atoms with Crippen LogP contribution in [0.4, 0.5) is 0 Å². The van der Waals surface area contributed by atoms with E-state index in [9.17, 15) is 9.59 Å². The standard InChI is InChI=1S/C28H24ClN5O2/c29-22-8-4-5-19(13-22)9-10-25-28(36)34(26(17-31-25)20-6-2-1-3-7-20)18-27(35)32-16-23-14-21-15-30-12-11-24(21)33-23/h1-8,11-15,17,33H,9-10,16,18H2,(H,32,35). The van der Waals surface area contributed by atoms with E-state index in [2.05, 4.69) is 20.3 Å². The minimum atomic E-state index is -0.273. The van der Waals surface area contributed by atoms with Crippen molar-refractivity contribution in [1.29, 1.82) is 0 Å². The lowest BCUT2D eigenvalue weighted by atomic mass is 10.1. The van der Waals surface area contributed by atoms with Crippen molar-refractivity contribution in [2.24, 2.45) is 0 Å². The SMILES string of the molecule is O=C(Cn1c(-c2ccccc2)cnc(CCc2cccc(Cl)c2)c1=O)NCc1cc2cnccc2[nH]1. The highest BCUT2D eigenvalue weighted by Gasteiger charge is 2.15. The van der Waals surface area contributed by atoms with E-state index in [0.29, 0.717) is 35.8 Å². The summed E-state index contributed by atoms with van der Waals surface area (Å²) in [7, 11) is 0. The number of fused-ring (bicyclic) bond motifs is 1. The van der Waals surface area contributed by atoms with E-state index in [1.165, 1.54) is 4.57 Å². The Bertz CT molecular complexity index is 1540. The number of aryl methyl sites for hydroxylation is 2. The molecule has 0 saturated carbocycles. The fourth-order valence-electron chi connectivity index (χ4n) is 4.17. The molecule has 8 heteroatoms. The van der Waals surface area contributed by atoms with Crippen LogP contribution in [-0.2, 0) is 30.7 Å². The first-order valence-corrected chi connectivity index (χ1v) is 12.0. The maximum absolute atomic E-state index is 13.5. The third-order valence-electron chi connectivity index (χ3n) is 5.99. The molecule has 7 nitrogen and oxygen atoms in total. The van der Waals surface area contributed by atoms with E-state index in [0.717, 1.165) is 27.7 Å². The van der Waals surface area contributed by atoms with Crippen molar-refractivity contribution in [1.82, 2.24) is 24.8 Å². The summed E-state index contributed by atoms with van der Waals surface area (Å²) in [5, 5.41) is 4.54. The monoisotopic (exact) mass is 497 g/mol. The first kappa shape index (κ1) is 23.5. The van der Waals surface area contributed by atoms with Crippen LogP contribution in [-0.4, -0.2) is 25.4 Å². The summed E-state index contributed by atoms with van der Waals surface area (Å²) < 4.78 is 1.50. The molecular formula is C28H24ClN5O2. The summed E-state index contributed by atoms with van der Waals surface area (Å²) in [6, 6.07) is 20.9. The fraction of sp³-hybridized carbons (Fsp3) is 0.143. The number of aromatic amines is 1. The molecule has 0 spiro atoms. The lowest BCUT2D eigenvalue weighted by Gasteiger charge is -2.14. The van der Waals surface area contributed by atoms with Crippen LogP contribution in [0.1, 0.15) is 17.0 Å². The lowest BCUT2D eigenvalue weighted by Crippen LogP contribution is -2.34. The summed E-state index contributed by atoms with van der Waals surface area (Å²) >= 11 is 6.09. The van der Waals surface area contributed by atoms with Gasteiger partial charge in [0.1, 0.15) is 12.2 Å². The number of amides is 1. The molecule has 0 saturated heterocycles. The zero-order valence-electron chi connectivity index (χ0n) is 19.4. The predicted octanol–water partition coefficient (Wildman–Crippen LogP) is 4.54. The quantitative estimate of drug-likeness (QED) is 0.329. The molecule has 0 bridgehead atoms. The topological polar surface area (TPSA) is 92.7 Å². The van der Waals surface area contributed by atoms with E-state index >= 15 is 0 Å². The molecular weight excluding hydrogens is 474 g/mol. The zero-order valence-corrected chi connectivity index (χ0v) is 20.2. The molecule has 3 aromatic heterocycles. The number of hydrogen-bond donors (Lipinski definition) is 2. The Kier molecular flexibility index (Phi) is 6.91. The van der Waals surface area contributed by atoms with Crippen molar-refractivity contribution in [3.63, 3.8) is 0 Å². The maximum atomic E-state index is 13.5. The van der Waals surface area contributed by atoms with Crippen LogP contribution >= 0.6 is 11.6 Å². The predicted molar refractivity (Wildman–Crippen MR) is 141 cm³/mol. The first-order valence-electron chi connectivity index (χ1n) is 11.6. The number of aromatic nitrogens is 4. The Morgan fingerprint density at radius 3 is 2.67 bits per heavy atom. The van der Waals surface area contributed by atoms with Crippen LogP contribution in [0, 0.1) is 0 Å². The summed E-state index contributed by atoms with van der Waals surface area (Å²) in [6.07, 6.45) is 6.22. The molecule has 3 heterocycles. The molecule has 0 aliphatic carbocycles. The van der Waals surface area contributed by atoms with Gasteiger partial charge in [0.15, 0.2) is 0 Å². The third kappa shape index (κ3) is 5.37. The third-order valence-corrected chi connectivity index (χ3v) is 6.22. The highest BCUT2D eigenvalue weighted by molar-refractivity contribution is 6.30. The molecule has 1 amide bonds. The number of hydrogen-bond acceptors (Lipinski definition) is 4. The van der Waals surface area contributed by atoms with Crippen LogP contribution in [0.15, 0.2) is 90.1 Å². The van der Waals surface area contributed by atoms with E-state index in [4.69, 9.17) is 11.6 Å². The largest absolute Gasteiger partial charge is 0.357 e. The van der Waals surface area contributed by atoms with Crippen molar-refractivity contribution < 1.29 is 4.79 Å². The van der Waals surface area contributed by atoms with Crippen LogP contribution in [0.5, 0.6) is 0 Å². The Hall–Kier alpha value is -4.23. The number of rotatable bonds is 8. The average molecular weight is 498 g/mol. The summed E-state index contributed by atoms with van der Waals surface area (Å²) in [5.41, 5.74) is 4.39. The molecule has 180 valence electrons. The molecule has 36 heavy (non-hydrogen) atoms. The normalized spacial score (nSPS) is 11.0. The van der Waals surface area contributed by atoms with Crippen molar-refractivity contribution in [2.75, 3.05) is 0 Å². The number of benzene rings is 2. The van der Waals surface area contributed by atoms with Gasteiger partial charge in [-0.3, -0.25) is 24.1 Å². The molecule has 0 radical (unpaired) electrons. The van der Waals surface area contributed by atoms with Gasteiger partial charge in [0.05, 0.1) is 18.4 Å². The van der Waals surface area contributed by atoms with Gasteiger partial charge in [0, 0.05) is 34.0 Å². The molecule has 0 aliphatic heterocycles. The second kappa shape index (κ2) is 10.6. The average Bonchev–Trinajstić information content (AvgIpc) is 3.32. The second-order valence-electron chi connectivity index (χ2n) is 8.51. The highest BCUT2D eigenvalue weighted by atomic mass is 35.5. The van der Waals surface area contributed by atoms with E-state index in [1.807, 2.05) is 66.7 Å². The molecule has 5 aromatic rings. The maximum Gasteiger partial charge on any atom is 0.273 e. The Morgan fingerprint density at radius 2 is 1.86 bits per heavy atom. The van der Waals surface area contributed by atoms with Gasteiger partial charge in [0.2, 0.25) is 5.91 Å². The van der Waals surface area contributed by atoms with Gasteiger partial charge in [-0.1, -0.05) is 54.1 Å². The Balaban J connectivity index is 1.37. The summed E-state index contributed by atoms with van der Waals surface area (Å²) in [5.74, 6) is -0.266. The van der Waals surface area contributed by atoms with Crippen molar-refractivity contribution in [2.45, 2.75) is 25.9 Å². The number of nitrogens with one attached hydrogen (secondary N) is 2. The van der Waals surface area contributed by atoms with E-state index < -0.39 is 0 Å². The highest BCUT2D eigenvalue weighted by Crippen LogP contribution is 2.18. The van der Waals surface area contributed by atoms with Gasteiger partial charge in [0.25, 0.3) is 5.56 Å². The minimum Gasteiger partial charge on any atom is -0.357 e. The first-order chi connectivity index (χ1) is 17.6. The molecule has 0 aliphatic rings. The van der Waals surface area contributed by atoms with E-state index in [1.54, 1.807) is 18.6 Å². The minimum absolute atomic E-state index is 0.114. The summed E-state index contributed by atoms with van der Waals surface area (Å²) in [6.45, 7) is 0.202. The molecule has 0 atom stereocenters. The smallest absolute Gasteiger partial charge is 0.273 e. The van der Waals surface area contributed by atoms with Gasteiger partial charge in [-0.25, -0.2) is 0 Å². The van der Waals surface area contributed by atoms with Gasteiger partial charge in [-0.2, -0.15) is 0 Å². The van der Waals surface area contributed by atoms with Crippen molar-refractivity contribution >= 4 is 28.4 Å². The van der Waals surface area contributed by atoms with Gasteiger partial charge in [-0.05, 0) is 48.2 Å².